The third-order valence-electron chi connectivity index (χ3n) is 5.98. The zero-order chi connectivity index (χ0) is 21.9. The lowest BCUT2D eigenvalue weighted by molar-refractivity contribution is 0.423. The molecule has 0 unspecified atom stereocenters. The maximum absolute atomic E-state index is 6.06. The van der Waals surface area contributed by atoms with Crippen LogP contribution in [0.4, 0.5) is 0 Å². The predicted molar refractivity (Wildman–Crippen MR) is 119 cm³/mol. The fraction of sp³-hybridized carbons (Fsp3) is 0.250. The molecule has 0 saturated carbocycles. The van der Waals surface area contributed by atoms with Crippen LogP contribution in [-0.2, 0) is 14.1 Å². The van der Waals surface area contributed by atoms with Gasteiger partial charge >= 0.3 is 12.0 Å². The molecule has 5 aromatic rings. The van der Waals surface area contributed by atoms with E-state index in [9.17, 15) is 0 Å². The number of hydrogen-bond acceptors (Lipinski definition) is 5. The molecule has 0 N–H and O–H groups in total. The molecule has 31 heavy (non-hydrogen) atoms. The maximum Gasteiger partial charge on any atom is 0.302 e. The van der Waals surface area contributed by atoms with Gasteiger partial charge in [-0.05, 0) is 64.1 Å². The summed E-state index contributed by atoms with van der Waals surface area (Å²) in [5.74, 6) is 1.40. The van der Waals surface area contributed by atoms with Crippen molar-refractivity contribution < 1.29 is 13.9 Å². The molecule has 5 rings (SSSR count). The summed E-state index contributed by atoms with van der Waals surface area (Å²) in [4.78, 5) is 9.00. The quantitative estimate of drug-likeness (QED) is 0.366. The van der Waals surface area contributed by atoms with Crippen molar-refractivity contribution in [2.24, 2.45) is 14.1 Å². The Balaban J connectivity index is 1.53. The van der Waals surface area contributed by atoms with Crippen molar-refractivity contribution in [3.8, 4) is 23.5 Å². The summed E-state index contributed by atoms with van der Waals surface area (Å²) in [6.07, 6.45) is 0. The molecule has 0 saturated heterocycles. The molecule has 0 bridgehead atoms. The Labute approximate surface area is 179 Å². The lowest BCUT2D eigenvalue weighted by Gasteiger charge is -2.06. The van der Waals surface area contributed by atoms with E-state index in [4.69, 9.17) is 13.9 Å². The molecule has 0 amide bonds. The van der Waals surface area contributed by atoms with Gasteiger partial charge in [0.25, 0.3) is 0 Å². The molecule has 0 spiro atoms. The summed E-state index contributed by atoms with van der Waals surface area (Å²) in [6, 6.07) is 12.7. The van der Waals surface area contributed by atoms with Gasteiger partial charge in [-0.15, -0.1) is 0 Å². The van der Waals surface area contributed by atoms with Gasteiger partial charge in [0.2, 0.25) is 0 Å². The number of ether oxygens (including phenoxy) is 2. The summed E-state index contributed by atoms with van der Waals surface area (Å²) in [6.45, 7) is 7.99. The number of hydrogen-bond donors (Lipinski definition) is 0. The first kappa shape index (κ1) is 19.2. The second kappa shape index (κ2) is 6.91. The highest BCUT2D eigenvalue weighted by molar-refractivity contribution is 6.05. The van der Waals surface area contributed by atoms with Crippen LogP contribution < -0.4 is 9.47 Å². The Morgan fingerprint density at radius 3 is 1.45 bits per heavy atom. The van der Waals surface area contributed by atoms with Crippen LogP contribution in [0, 0.1) is 27.7 Å². The average Bonchev–Trinajstić information content (AvgIpc) is 3.32. The summed E-state index contributed by atoms with van der Waals surface area (Å²) in [5, 5.41) is 1.90. The molecule has 2 aromatic carbocycles. The minimum absolute atomic E-state index is 0.562. The van der Waals surface area contributed by atoms with Crippen molar-refractivity contribution in [2.75, 3.05) is 0 Å². The summed E-state index contributed by atoms with van der Waals surface area (Å²) >= 11 is 0. The molecular formula is C24H24N4O3. The Morgan fingerprint density at radius 1 is 0.677 bits per heavy atom. The minimum atomic E-state index is 0.562. The van der Waals surface area contributed by atoms with Gasteiger partial charge in [0.15, 0.2) is 0 Å². The molecule has 7 nitrogen and oxygen atoms in total. The van der Waals surface area contributed by atoms with Crippen molar-refractivity contribution in [1.82, 2.24) is 19.1 Å². The molecule has 0 atom stereocenters. The highest BCUT2D eigenvalue weighted by Gasteiger charge is 2.15. The van der Waals surface area contributed by atoms with E-state index in [1.54, 1.807) is 0 Å². The number of aryl methyl sites for hydroxylation is 2. The SMILES string of the molecule is Cc1nc(Oc2ccc3oc4ccc(Oc5nc(C)c(C)n5C)cc4c3c2)n(C)c1C. The molecule has 0 radical (unpaired) electrons. The third-order valence-corrected chi connectivity index (χ3v) is 5.98. The highest BCUT2D eigenvalue weighted by atomic mass is 16.5. The third kappa shape index (κ3) is 3.13. The molecule has 158 valence electrons. The molecule has 0 aliphatic heterocycles. The van der Waals surface area contributed by atoms with Crippen LogP contribution in [0.25, 0.3) is 21.9 Å². The van der Waals surface area contributed by atoms with Gasteiger partial charge in [0, 0.05) is 36.3 Å². The zero-order valence-electron chi connectivity index (χ0n) is 18.5. The summed E-state index contributed by atoms with van der Waals surface area (Å²) in [5.41, 5.74) is 5.63. The van der Waals surface area contributed by atoms with Crippen LogP contribution >= 0.6 is 0 Å². The van der Waals surface area contributed by atoms with E-state index >= 15 is 0 Å². The van der Waals surface area contributed by atoms with Gasteiger partial charge in [0.05, 0.1) is 11.4 Å². The van der Waals surface area contributed by atoms with Crippen molar-refractivity contribution in [3.05, 3.63) is 59.2 Å². The maximum atomic E-state index is 6.06. The number of imidazole rings is 2. The Hall–Kier alpha value is -3.74. The largest absolute Gasteiger partial charge is 0.456 e. The van der Waals surface area contributed by atoms with Crippen LogP contribution in [-0.4, -0.2) is 19.1 Å². The van der Waals surface area contributed by atoms with E-state index < -0.39 is 0 Å². The van der Waals surface area contributed by atoms with Crippen LogP contribution in [0.1, 0.15) is 22.8 Å². The standard InChI is InChI=1S/C24H24N4O3/c1-13-15(3)27(5)23(25-13)29-17-7-9-21-19(11-17)20-12-18(8-10-22(20)31-21)30-24-26-14(2)16(4)28(24)6/h7-12H,1-6H3. The topological polar surface area (TPSA) is 67.2 Å². The Bertz CT molecular complexity index is 1350. The Morgan fingerprint density at radius 2 is 1.10 bits per heavy atom. The van der Waals surface area contributed by atoms with Crippen molar-refractivity contribution in [1.29, 1.82) is 0 Å². The van der Waals surface area contributed by atoms with Crippen molar-refractivity contribution in [2.45, 2.75) is 27.7 Å². The van der Waals surface area contributed by atoms with Gasteiger partial charge in [-0.25, -0.2) is 0 Å². The predicted octanol–water partition coefficient (Wildman–Crippen LogP) is 5.87. The molecule has 0 aliphatic carbocycles. The van der Waals surface area contributed by atoms with Gasteiger partial charge in [0.1, 0.15) is 22.7 Å². The van der Waals surface area contributed by atoms with E-state index in [1.165, 1.54) is 0 Å². The second-order valence-electron chi connectivity index (χ2n) is 7.87. The van der Waals surface area contributed by atoms with Crippen molar-refractivity contribution >= 4 is 21.9 Å². The molecular weight excluding hydrogens is 392 g/mol. The summed E-state index contributed by atoms with van der Waals surface area (Å²) in [7, 11) is 3.89. The van der Waals surface area contributed by atoms with E-state index in [2.05, 4.69) is 9.97 Å². The van der Waals surface area contributed by atoms with E-state index in [-0.39, 0.29) is 0 Å². The van der Waals surface area contributed by atoms with Crippen LogP contribution in [0.3, 0.4) is 0 Å². The summed E-state index contributed by atoms with van der Waals surface area (Å²) < 4.78 is 22.0. The van der Waals surface area contributed by atoms with E-state index in [1.807, 2.05) is 87.3 Å². The number of benzene rings is 2. The van der Waals surface area contributed by atoms with Crippen LogP contribution in [0.2, 0.25) is 0 Å². The Kier molecular flexibility index (Phi) is 4.28. The minimum Gasteiger partial charge on any atom is -0.456 e. The second-order valence-corrected chi connectivity index (χ2v) is 7.87. The smallest absolute Gasteiger partial charge is 0.302 e. The fourth-order valence-corrected chi connectivity index (χ4v) is 3.63. The first-order chi connectivity index (χ1) is 14.8. The van der Waals surface area contributed by atoms with E-state index in [0.717, 1.165) is 44.7 Å². The first-order valence-corrected chi connectivity index (χ1v) is 10.1. The normalized spacial score (nSPS) is 11.5. The zero-order valence-corrected chi connectivity index (χ0v) is 18.5. The molecule has 3 aromatic heterocycles. The number of nitrogens with zero attached hydrogens (tertiary/aromatic N) is 4. The molecule has 0 fully saturated rings. The van der Waals surface area contributed by atoms with Gasteiger partial charge in [-0.2, -0.15) is 9.97 Å². The van der Waals surface area contributed by atoms with Gasteiger partial charge < -0.3 is 23.0 Å². The van der Waals surface area contributed by atoms with Crippen LogP contribution in [0.15, 0.2) is 40.8 Å². The lowest BCUT2D eigenvalue weighted by Crippen LogP contribution is -1.96. The van der Waals surface area contributed by atoms with Gasteiger partial charge in [-0.1, -0.05) is 0 Å². The van der Waals surface area contributed by atoms with E-state index in [0.29, 0.717) is 23.5 Å². The first-order valence-electron chi connectivity index (χ1n) is 10.1. The van der Waals surface area contributed by atoms with Gasteiger partial charge in [-0.3, -0.25) is 0 Å². The number of aromatic nitrogens is 4. The number of furan rings is 1. The lowest BCUT2D eigenvalue weighted by atomic mass is 10.1. The monoisotopic (exact) mass is 416 g/mol. The number of fused-ring (bicyclic) bond motifs is 3. The number of rotatable bonds is 4. The highest BCUT2D eigenvalue weighted by Crippen LogP contribution is 2.36. The average molecular weight is 416 g/mol. The molecule has 3 heterocycles. The van der Waals surface area contributed by atoms with Crippen LogP contribution in [0.5, 0.6) is 23.5 Å². The molecule has 0 aliphatic rings. The fourth-order valence-electron chi connectivity index (χ4n) is 3.63. The van der Waals surface area contributed by atoms with Crippen molar-refractivity contribution in [3.63, 3.8) is 0 Å². The molecule has 7 heteroatoms.